The Morgan fingerprint density at radius 3 is 2.24 bits per heavy atom. The molecule has 1 fully saturated rings. The van der Waals surface area contributed by atoms with Crippen LogP contribution < -0.4 is 16.0 Å². The Bertz CT molecular complexity index is 261. The molecule has 0 bridgehead atoms. The molecule has 0 aromatic carbocycles. The first-order chi connectivity index (χ1) is 8.17. The van der Waals surface area contributed by atoms with Crippen LogP contribution in [0.4, 0.5) is 0 Å². The minimum Gasteiger partial charge on any atom is -0.366 e. The molecule has 1 aliphatic rings. The molecule has 0 aromatic rings. The predicted octanol–water partition coefficient (Wildman–Crippen LogP) is -0.798. The summed E-state index contributed by atoms with van der Waals surface area (Å²) in [5, 5.41) is 10.6. The van der Waals surface area contributed by atoms with Gasteiger partial charge >= 0.3 is 0 Å². The largest absolute Gasteiger partial charge is 0.366 e. The van der Waals surface area contributed by atoms with Crippen LogP contribution in [0.3, 0.4) is 0 Å². The minimum absolute atomic E-state index is 0.708. The fraction of sp³-hybridized carbons (Fsp3) is 0.800. The van der Waals surface area contributed by atoms with Crippen LogP contribution in [0.2, 0.25) is 0 Å². The molecule has 3 N–H and O–H groups in total. The summed E-state index contributed by atoms with van der Waals surface area (Å²) in [5.74, 6) is 0. The summed E-state index contributed by atoms with van der Waals surface area (Å²) < 4.78 is 0. The third-order valence-corrected chi connectivity index (χ3v) is 3.62. The van der Waals surface area contributed by atoms with Crippen LogP contribution in [0.5, 0.6) is 0 Å². The van der Waals surface area contributed by atoms with Crippen molar-refractivity contribution < 1.29 is 0 Å². The number of hydrogen-bond acceptors (Lipinski definition) is 3. The topological polar surface area (TPSA) is 42.6 Å². The molecule has 1 saturated heterocycles. The molecule has 0 aliphatic carbocycles. The van der Waals surface area contributed by atoms with Crippen molar-refractivity contribution in [3.05, 3.63) is 0 Å². The molecule has 7 heteroatoms. The van der Waals surface area contributed by atoms with E-state index in [4.69, 9.17) is 24.4 Å². The van der Waals surface area contributed by atoms with Crippen molar-refractivity contribution in [2.24, 2.45) is 0 Å². The normalized spacial score (nSPS) is 16.5. The van der Waals surface area contributed by atoms with Crippen LogP contribution in [0, 0.1) is 0 Å². The summed E-state index contributed by atoms with van der Waals surface area (Å²) in [6.07, 6.45) is 0. The molecule has 0 aromatic heterocycles. The molecule has 0 spiro atoms. The van der Waals surface area contributed by atoms with E-state index >= 15 is 0 Å². The van der Waals surface area contributed by atoms with Gasteiger partial charge < -0.3 is 20.9 Å². The lowest BCUT2D eigenvalue weighted by Crippen LogP contribution is -2.52. The summed E-state index contributed by atoms with van der Waals surface area (Å²) in [5.41, 5.74) is 0. The van der Waals surface area contributed by atoms with Gasteiger partial charge in [0.1, 0.15) is 0 Å². The van der Waals surface area contributed by atoms with E-state index in [1.807, 2.05) is 14.1 Å². The second kappa shape index (κ2) is 7.62. The van der Waals surface area contributed by atoms with Crippen molar-refractivity contribution in [3.63, 3.8) is 0 Å². The third-order valence-electron chi connectivity index (χ3n) is 2.81. The van der Waals surface area contributed by atoms with Crippen molar-refractivity contribution in [1.29, 1.82) is 0 Å². The number of thiocarbonyl (C=S) groups is 2. The number of hydrogen-bond donors (Lipinski definition) is 3. The van der Waals surface area contributed by atoms with Gasteiger partial charge in [-0.3, -0.25) is 4.90 Å². The number of nitrogens with zero attached hydrogens (tertiary/aromatic N) is 2. The van der Waals surface area contributed by atoms with E-state index < -0.39 is 0 Å². The maximum atomic E-state index is 5.21. The zero-order chi connectivity index (χ0) is 12.7. The van der Waals surface area contributed by atoms with Crippen molar-refractivity contribution in [3.8, 4) is 0 Å². The van der Waals surface area contributed by atoms with Crippen LogP contribution in [-0.2, 0) is 0 Å². The number of rotatable bonds is 3. The van der Waals surface area contributed by atoms with Gasteiger partial charge in [-0.2, -0.15) is 0 Å². The van der Waals surface area contributed by atoms with Gasteiger partial charge in [-0.05, 0) is 24.4 Å². The number of nitrogens with one attached hydrogen (secondary N) is 3. The molecule has 5 nitrogen and oxygen atoms in total. The fourth-order valence-corrected chi connectivity index (χ4v) is 2.03. The highest BCUT2D eigenvalue weighted by atomic mass is 32.1. The van der Waals surface area contributed by atoms with Gasteiger partial charge in [-0.25, -0.2) is 0 Å². The maximum absolute atomic E-state index is 5.21. The molecule has 1 heterocycles. The van der Waals surface area contributed by atoms with Gasteiger partial charge in [0.25, 0.3) is 0 Å². The smallest absolute Gasteiger partial charge is 0.168 e. The van der Waals surface area contributed by atoms with Gasteiger partial charge in [0.15, 0.2) is 10.2 Å². The minimum atomic E-state index is 0.708. The Kier molecular flexibility index (Phi) is 6.46. The first kappa shape index (κ1) is 14.4. The summed E-state index contributed by atoms with van der Waals surface area (Å²) in [4.78, 5) is 4.62. The molecule has 0 unspecified atom stereocenters. The van der Waals surface area contributed by atoms with E-state index in [0.29, 0.717) is 5.11 Å². The summed E-state index contributed by atoms with van der Waals surface area (Å²) >= 11 is 10.2. The molecular formula is C10H21N5S2. The number of piperazine rings is 1. The lowest BCUT2D eigenvalue weighted by Gasteiger charge is -2.35. The second-order valence-corrected chi connectivity index (χ2v) is 4.68. The lowest BCUT2D eigenvalue weighted by atomic mass is 10.3. The zero-order valence-corrected chi connectivity index (χ0v) is 12.1. The predicted molar refractivity (Wildman–Crippen MR) is 79.3 cm³/mol. The van der Waals surface area contributed by atoms with Gasteiger partial charge in [0.2, 0.25) is 0 Å². The Hall–Kier alpha value is -0.660. The van der Waals surface area contributed by atoms with Gasteiger partial charge in [-0.1, -0.05) is 0 Å². The molecule has 1 aliphatic heterocycles. The van der Waals surface area contributed by atoms with Crippen molar-refractivity contribution in [1.82, 2.24) is 25.8 Å². The first-order valence-corrected chi connectivity index (χ1v) is 6.63. The highest BCUT2D eigenvalue weighted by Crippen LogP contribution is 2.01. The first-order valence-electron chi connectivity index (χ1n) is 5.82. The average Bonchev–Trinajstić information content (AvgIpc) is 2.38. The van der Waals surface area contributed by atoms with Crippen molar-refractivity contribution in [2.45, 2.75) is 0 Å². The Morgan fingerprint density at radius 1 is 1.06 bits per heavy atom. The maximum Gasteiger partial charge on any atom is 0.168 e. The van der Waals surface area contributed by atoms with E-state index in [1.54, 1.807) is 0 Å². The van der Waals surface area contributed by atoms with Crippen LogP contribution in [0.15, 0.2) is 0 Å². The Balaban J connectivity index is 2.15. The standard InChI is InChI=1S/C10H21N5S2/c1-11-9(16)13-3-4-14-5-7-15(8-6-14)10(17)12-2/h3-8H2,1-2H3,(H,12,17)(H2,11,13,16). The molecular weight excluding hydrogens is 254 g/mol. The summed E-state index contributed by atoms with van der Waals surface area (Å²) in [6, 6.07) is 0. The molecule has 0 atom stereocenters. The monoisotopic (exact) mass is 275 g/mol. The fourth-order valence-electron chi connectivity index (χ4n) is 1.75. The summed E-state index contributed by atoms with van der Waals surface area (Å²) in [6.45, 7) is 6.00. The van der Waals surface area contributed by atoms with Crippen molar-refractivity contribution >= 4 is 34.7 Å². The van der Waals surface area contributed by atoms with Gasteiger partial charge in [0, 0.05) is 53.4 Å². The van der Waals surface area contributed by atoms with Crippen LogP contribution in [-0.4, -0.2) is 73.4 Å². The van der Waals surface area contributed by atoms with Crippen LogP contribution >= 0.6 is 24.4 Å². The van der Waals surface area contributed by atoms with E-state index in [0.717, 1.165) is 44.4 Å². The van der Waals surface area contributed by atoms with Crippen LogP contribution in [0.1, 0.15) is 0 Å². The molecule has 0 saturated carbocycles. The summed E-state index contributed by atoms with van der Waals surface area (Å²) in [7, 11) is 3.70. The molecule has 0 amide bonds. The highest BCUT2D eigenvalue weighted by Gasteiger charge is 2.17. The van der Waals surface area contributed by atoms with E-state index in [9.17, 15) is 0 Å². The van der Waals surface area contributed by atoms with Gasteiger partial charge in [0.05, 0.1) is 0 Å². The molecule has 1 rings (SSSR count). The zero-order valence-electron chi connectivity index (χ0n) is 10.5. The molecule has 98 valence electrons. The second-order valence-electron chi connectivity index (χ2n) is 3.89. The van der Waals surface area contributed by atoms with E-state index in [2.05, 4.69) is 25.8 Å². The molecule has 17 heavy (non-hydrogen) atoms. The Labute approximate surface area is 114 Å². The van der Waals surface area contributed by atoms with Gasteiger partial charge in [-0.15, -0.1) is 0 Å². The Morgan fingerprint density at radius 2 is 1.71 bits per heavy atom. The quantitative estimate of drug-likeness (QED) is 0.583. The lowest BCUT2D eigenvalue weighted by molar-refractivity contribution is 0.184. The average molecular weight is 275 g/mol. The van der Waals surface area contributed by atoms with Crippen molar-refractivity contribution in [2.75, 3.05) is 53.4 Å². The SMILES string of the molecule is CNC(=S)NCCN1CCN(C(=S)NC)CC1. The third kappa shape index (κ3) is 5.01. The van der Waals surface area contributed by atoms with E-state index in [-0.39, 0.29) is 0 Å². The molecule has 0 radical (unpaired) electrons. The van der Waals surface area contributed by atoms with E-state index in [1.165, 1.54) is 0 Å². The highest BCUT2D eigenvalue weighted by molar-refractivity contribution is 7.80. The van der Waals surface area contributed by atoms with Crippen LogP contribution in [0.25, 0.3) is 0 Å².